The molecular weight excluding hydrogens is 276 g/mol. The lowest BCUT2D eigenvalue weighted by Crippen LogP contribution is -2.35. The van der Waals surface area contributed by atoms with Gasteiger partial charge in [0.25, 0.3) is 5.91 Å². The summed E-state index contributed by atoms with van der Waals surface area (Å²) in [6, 6.07) is 1.86. The minimum atomic E-state index is 0.0257. The van der Waals surface area contributed by atoms with Gasteiger partial charge in [-0.2, -0.15) is 0 Å². The topological polar surface area (TPSA) is 49.3 Å². The van der Waals surface area contributed by atoms with Crippen molar-refractivity contribution in [3.8, 4) is 0 Å². The van der Waals surface area contributed by atoms with E-state index in [-0.39, 0.29) is 5.91 Å². The van der Waals surface area contributed by atoms with E-state index < -0.39 is 0 Å². The first-order valence-electron chi connectivity index (χ1n) is 8.52. The molecule has 0 unspecified atom stereocenters. The van der Waals surface area contributed by atoms with Crippen molar-refractivity contribution in [2.75, 3.05) is 31.1 Å². The predicted molar refractivity (Wildman–Crippen MR) is 89.1 cm³/mol. The molecule has 0 aliphatic carbocycles. The molecule has 1 aliphatic heterocycles. The molecule has 1 aliphatic rings. The Morgan fingerprint density at radius 1 is 1.23 bits per heavy atom. The van der Waals surface area contributed by atoms with Crippen LogP contribution >= 0.6 is 0 Å². The number of hydrogen-bond donors (Lipinski definition) is 0. The van der Waals surface area contributed by atoms with E-state index in [9.17, 15) is 4.79 Å². The minimum Gasteiger partial charge on any atom is -0.356 e. The Hall–Kier alpha value is -1.65. The summed E-state index contributed by atoms with van der Waals surface area (Å²) in [6.07, 6.45) is 5.83. The van der Waals surface area contributed by atoms with E-state index in [1.165, 1.54) is 19.2 Å². The molecule has 0 bridgehead atoms. The second-order valence-electron chi connectivity index (χ2n) is 6.22. The van der Waals surface area contributed by atoms with Crippen molar-refractivity contribution in [2.45, 2.75) is 46.5 Å². The standard InChI is InChI=1S/C17H28N4O/c1-4-8-21(9-5-2)17(22)15-12-16(19-13-18-15)20-10-6-14(3)7-11-20/h12-14H,4-11H2,1-3H3. The second kappa shape index (κ2) is 8.11. The predicted octanol–water partition coefficient (Wildman–Crippen LogP) is 2.98. The molecule has 0 saturated carbocycles. The van der Waals surface area contributed by atoms with Gasteiger partial charge in [-0.25, -0.2) is 9.97 Å². The van der Waals surface area contributed by atoms with Crippen molar-refractivity contribution < 1.29 is 4.79 Å². The molecule has 2 rings (SSSR count). The first kappa shape index (κ1) is 16.7. The van der Waals surface area contributed by atoms with Crippen molar-refractivity contribution in [3.63, 3.8) is 0 Å². The Kier molecular flexibility index (Phi) is 6.16. The molecule has 5 heteroatoms. The van der Waals surface area contributed by atoms with Gasteiger partial charge in [-0.05, 0) is 31.6 Å². The zero-order valence-electron chi connectivity index (χ0n) is 14.1. The summed E-state index contributed by atoms with van der Waals surface area (Å²) in [6.45, 7) is 10.1. The van der Waals surface area contributed by atoms with Crippen LogP contribution < -0.4 is 4.90 Å². The molecule has 0 spiro atoms. The molecule has 0 aromatic carbocycles. The zero-order valence-corrected chi connectivity index (χ0v) is 14.1. The fourth-order valence-electron chi connectivity index (χ4n) is 2.89. The van der Waals surface area contributed by atoms with Gasteiger partial charge in [0.2, 0.25) is 0 Å². The van der Waals surface area contributed by atoms with Gasteiger partial charge in [0.15, 0.2) is 0 Å². The highest BCUT2D eigenvalue weighted by molar-refractivity contribution is 5.92. The first-order valence-corrected chi connectivity index (χ1v) is 8.52. The Morgan fingerprint density at radius 2 is 1.86 bits per heavy atom. The van der Waals surface area contributed by atoms with Crippen LogP contribution in [-0.4, -0.2) is 47.0 Å². The van der Waals surface area contributed by atoms with Crippen molar-refractivity contribution in [2.24, 2.45) is 5.92 Å². The number of anilines is 1. The van der Waals surface area contributed by atoms with Crippen LogP contribution in [0.2, 0.25) is 0 Å². The molecule has 5 nitrogen and oxygen atoms in total. The van der Waals surface area contributed by atoms with Crippen LogP contribution in [0.5, 0.6) is 0 Å². The third-order valence-electron chi connectivity index (χ3n) is 4.25. The van der Waals surface area contributed by atoms with Gasteiger partial charge in [0, 0.05) is 32.2 Å². The number of amides is 1. The summed E-state index contributed by atoms with van der Waals surface area (Å²) in [4.78, 5) is 25.4. The van der Waals surface area contributed by atoms with Gasteiger partial charge < -0.3 is 9.80 Å². The van der Waals surface area contributed by atoms with Crippen LogP contribution in [0.25, 0.3) is 0 Å². The number of carbonyl (C=O) groups is 1. The van der Waals surface area contributed by atoms with Gasteiger partial charge in [-0.1, -0.05) is 20.8 Å². The van der Waals surface area contributed by atoms with Gasteiger partial charge in [0.1, 0.15) is 17.8 Å². The lowest BCUT2D eigenvalue weighted by molar-refractivity contribution is 0.0749. The number of aromatic nitrogens is 2. The van der Waals surface area contributed by atoms with Crippen LogP contribution in [0.3, 0.4) is 0 Å². The monoisotopic (exact) mass is 304 g/mol. The quantitative estimate of drug-likeness (QED) is 0.810. The Labute approximate surface area is 133 Å². The molecular formula is C17H28N4O. The maximum absolute atomic E-state index is 12.6. The number of carbonyl (C=O) groups excluding carboxylic acids is 1. The van der Waals surface area contributed by atoms with E-state index in [1.54, 1.807) is 0 Å². The molecule has 0 N–H and O–H groups in total. The molecule has 1 amide bonds. The highest BCUT2D eigenvalue weighted by Gasteiger charge is 2.20. The van der Waals surface area contributed by atoms with E-state index in [0.717, 1.165) is 50.8 Å². The van der Waals surface area contributed by atoms with Crippen LogP contribution in [-0.2, 0) is 0 Å². The first-order chi connectivity index (χ1) is 10.7. The Bertz CT molecular complexity index is 477. The average Bonchev–Trinajstić information content (AvgIpc) is 2.55. The van der Waals surface area contributed by atoms with E-state index in [2.05, 4.69) is 35.6 Å². The van der Waals surface area contributed by atoms with Gasteiger partial charge in [-0.3, -0.25) is 4.79 Å². The number of nitrogens with zero attached hydrogens (tertiary/aromatic N) is 4. The fraction of sp³-hybridized carbons (Fsp3) is 0.706. The lowest BCUT2D eigenvalue weighted by Gasteiger charge is -2.31. The molecule has 1 saturated heterocycles. The van der Waals surface area contributed by atoms with Crippen molar-refractivity contribution in [3.05, 3.63) is 18.1 Å². The fourth-order valence-corrected chi connectivity index (χ4v) is 2.89. The average molecular weight is 304 g/mol. The summed E-state index contributed by atoms with van der Waals surface area (Å²) < 4.78 is 0. The smallest absolute Gasteiger partial charge is 0.272 e. The van der Waals surface area contributed by atoms with E-state index >= 15 is 0 Å². The van der Waals surface area contributed by atoms with Crippen LogP contribution in [0, 0.1) is 5.92 Å². The maximum Gasteiger partial charge on any atom is 0.272 e. The van der Waals surface area contributed by atoms with Crippen LogP contribution in [0.1, 0.15) is 56.9 Å². The molecule has 1 fully saturated rings. The van der Waals surface area contributed by atoms with Crippen molar-refractivity contribution in [1.29, 1.82) is 0 Å². The third-order valence-corrected chi connectivity index (χ3v) is 4.25. The number of hydrogen-bond acceptors (Lipinski definition) is 4. The molecule has 122 valence electrons. The van der Waals surface area contributed by atoms with E-state index in [0.29, 0.717) is 5.69 Å². The number of piperidine rings is 1. The normalized spacial score (nSPS) is 15.9. The van der Waals surface area contributed by atoms with Crippen LogP contribution in [0.4, 0.5) is 5.82 Å². The van der Waals surface area contributed by atoms with Gasteiger partial charge in [0.05, 0.1) is 0 Å². The third kappa shape index (κ3) is 4.18. The Balaban J connectivity index is 2.11. The molecule has 0 atom stereocenters. The van der Waals surface area contributed by atoms with Crippen LogP contribution in [0.15, 0.2) is 12.4 Å². The summed E-state index contributed by atoms with van der Waals surface area (Å²) in [5.41, 5.74) is 0.519. The molecule has 22 heavy (non-hydrogen) atoms. The van der Waals surface area contributed by atoms with E-state index in [4.69, 9.17) is 0 Å². The zero-order chi connectivity index (χ0) is 15.9. The van der Waals surface area contributed by atoms with Gasteiger partial charge >= 0.3 is 0 Å². The molecule has 1 aromatic rings. The molecule has 0 radical (unpaired) electrons. The van der Waals surface area contributed by atoms with Gasteiger partial charge in [-0.15, -0.1) is 0 Å². The lowest BCUT2D eigenvalue weighted by atomic mass is 9.99. The minimum absolute atomic E-state index is 0.0257. The van der Waals surface area contributed by atoms with Crippen molar-refractivity contribution in [1.82, 2.24) is 14.9 Å². The highest BCUT2D eigenvalue weighted by Crippen LogP contribution is 2.21. The molecule has 2 heterocycles. The summed E-state index contributed by atoms with van der Waals surface area (Å²) in [5.74, 6) is 1.69. The second-order valence-corrected chi connectivity index (χ2v) is 6.22. The SMILES string of the molecule is CCCN(CCC)C(=O)c1cc(N2CCC(C)CC2)ncn1. The molecule has 1 aromatic heterocycles. The summed E-state index contributed by atoms with van der Waals surface area (Å²) in [7, 11) is 0. The number of rotatable bonds is 6. The summed E-state index contributed by atoms with van der Waals surface area (Å²) in [5, 5.41) is 0. The maximum atomic E-state index is 12.6. The highest BCUT2D eigenvalue weighted by atomic mass is 16.2. The largest absolute Gasteiger partial charge is 0.356 e. The van der Waals surface area contributed by atoms with Crippen molar-refractivity contribution >= 4 is 11.7 Å². The summed E-state index contributed by atoms with van der Waals surface area (Å²) >= 11 is 0. The Morgan fingerprint density at radius 3 is 2.45 bits per heavy atom. The van der Waals surface area contributed by atoms with E-state index in [1.807, 2.05) is 11.0 Å².